The van der Waals surface area contributed by atoms with Gasteiger partial charge in [-0.25, -0.2) is 17.6 Å². The molecule has 0 aliphatic rings. The highest BCUT2D eigenvalue weighted by atomic mass is 32.2. The van der Waals surface area contributed by atoms with Crippen molar-refractivity contribution in [1.29, 1.82) is 0 Å². The minimum absolute atomic E-state index is 0.248. The number of rotatable bonds is 3. The number of aryl methyl sites for hydroxylation is 2. The summed E-state index contributed by atoms with van der Waals surface area (Å²) in [4.78, 5) is 0. The van der Waals surface area contributed by atoms with E-state index >= 15 is 0 Å². The lowest BCUT2D eigenvalue weighted by Crippen LogP contribution is -2.47. The number of hydrogen-bond donors (Lipinski definition) is 0. The van der Waals surface area contributed by atoms with Crippen molar-refractivity contribution >= 4 is 21.2 Å². The van der Waals surface area contributed by atoms with Crippen LogP contribution in [-0.2, 0) is 29.8 Å². The Balaban J connectivity index is 0.000000387. The first-order chi connectivity index (χ1) is 12.2. The summed E-state index contributed by atoms with van der Waals surface area (Å²) in [6.07, 6.45) is 0. The van der Waals surface area contributed by atoms with E-state index in [2.05, 4.69) is 71.7 Å². The van der Waals surface area contributed by atoms with Crippen molar-refractivity contribution in [2.45, 2.75) is 24.9 Å². The molecule has 0 spiro atoms. The Kier molecular flexibility index (Phi) is 6.60. The van der Waals surface area contributed by atoms with Gasteiger partial charge in [-0.3, -0.25) is 5.01 Å². The van der Waals surface area contributed by atoms with E-state index in [0.717, 1.165) is 0 Å². The first-order valence-electron chi connectivity index (χ1n) is 7.66. The molecule has 8 nitrogen and oxygen atoms in total. The molecule has 0 atom stereocenters. The summed E-state index contributed by atoms with van der Waals surface area (Å²) in [6.45, 7) is 4.30. The number of aromatic nitrogens is 2. The molecule has 0 amide bonds. The van der Waals surface area contributed by atoms with Crippen LogP contribution in [-0.4, -0.2) is 42.2 Å². The van der Waals surface area contributed by atoms with E-state index in [4.69, 9.17) is 13.0 Å². The fourth-order valence-corrected chi connectivity index (χ4v) is 2.70. The van der Waals surface area contributed by atoms with E-state index in [9.17, 15) is 13.2 Å². The van der Waals surface area contributed by atoms with Crippen LogP contribution in [0.3, 0.4) is 0 Å². The fourth-order valence-electron chi connectivity index (χ4n) is 2.70. The lowest BCUT2D eigenvalue weighted by molar-refractivity contribution is -0.659. The highest BCUT2D eigenvalue weighted by Crippen LogP contribution is 2.27. The third-order valence-corrected chi connectivity index (χ3v) is 4.67. The molecule has 0 aliphatic heterocycles. The number of nitrogens with zero attached hydrogens (tertiary/aromatic N) is 5. The van der Waals surface area contributed by atoms with Crippen LogP contribution >= 0.6 is 0 Å². The maximum absolute atomic E-state index is 10.7. The second-order valence-electron chi connectivity index (χ2n) is 6.20. The van der Waals surface area contributed by atoms with Gasteiger partial charge in [0.05, 0.1) is 21.1 Å². The molecule has 27 heavy (non-hydrogen) atoms. The van der Waals surface area contributed by atoms with Gasteiger partial charge in [0.2, 0.25) is 0 Å². The number of halogens is 3. The lowest BCUT2D eigenvalue weighted by Gasteiger charge is -2.28. The summed E-state index contributed by atoms with van der Waals surface area (Å²) < 4.78 is 63.3. The van der Waals surface area contributed by atoms with Crippen LogP contribution in [0.1, 0.15) is 19.7 Å². The van der Waals surface area contributed by atoms with Crippen molar-refractivity contribution in [3.8, 4) is 0 Å². The maximum atomic E-state index is 10.7. The molecule has 152 valence electrons. The molecule has 2 aromatic rings. The van der Waals surface area contributed by atoms with Gasteiger partial charge in [-0.05, 0) is 26.0 Å². The summed E-state index contributed by atoms with van der Waals surface area (Å²) in [6, 6.07) is 8.40. The summed E-state index contributed by atoms with van der Waals surface area (Å²) in [5.41, 5.74) is -3.46. The highest BCUT2D eigenvalue weighted by molar-refractivity contribution is 7.86. The average molecular weight is 409 g/mol. The average Bonchev–Trinajstić information content (AvgIpc) is 2.78. The molecule has 1 aromatic heterocycles. The molecule has 12 heteroatoms. The molecular formula is C15H22F3N5O3S. The van der Waals surface area contributed by atoms with E-state index < -0.39 is 15.6 Å². The zero-order chi connectivity index (χ0) is 21.2. The van der Waals surface area contributed by atoms with Crippen molar-refractivity contribution in [3.63, 3.8) is 0 Å². The Morgan fingerprint density at radius 1 is 1.22 bits per heavy atom. The lowest BCUT2D eigenvalue weighted by atomic mass is 10.0. The van der Waals surface area contributed by atoms with Crippen molar-refractivity contribution in [1.82, 2.24) is 9.58 Å². The van der Waals surface area contributed by atoms with Gasteiger partial charge in [-0.2, -0.15) is 18.3 Å². The molecular weight excluding hydrogens is 387 g/mol. The Labute approximate surface area is 155 Å². The molecule has 0 unspecified atom stereocenters. The zero-order valence-corrected chi connectivity index (χ0v) is 16.6. The van der Waals surface area contributed by atoms with Crippen molar-refractivity contribution in [2.75, 3.05) is 14.1 Å². The van der Waals surface area contributed by atoms with Gasteiger partial charge in [0.15, 0.2) is 26.7 Å². The van der Waals surface area contributed by atoms with Gasteiger partial charge in [0, 0.05) is 7.05 Å². The third-order valence-electron chi connectivity index (χ3n) is 4.10. The smallest absolute Gasteiger partial charge is 0.485 e. The van der Waals surface area contributed by atoms with E-state index in [1.807, 2.05) is 12.1 Å². The Morgan fingerprint density at radius 3 is 2.11 bits per heavy atom. The van der Waals surface area contributed by atoms with Gasteiger partial charge in [0.1, 0.15) is 0 Å². The number of para-hydroxylation sites is 2. The third kappa shape index (κ3) is 4.75. The number of hydrogen-bond acceptors (Lipinski definition) is 5. The Morgan fingerprint density at radius 2 is 1.70 bits per heavy atom. The summed E-state index contributed by atoms with van der Waals surface area (Å²) >= 11 is 0. The molecule has 0 radical (unpaired) electrons. The largest absolute Gasteiger partial charge is 0.741 e. The van der Waals surface area contributed by atoms with Gasteiger partial charge in [-0.15, -0.1) is 0 Å². The number of alkyl halides is 3. The number of imidazole rings is 1. The summed E-state index contributed by atoms with van der Waals surface area (Å²) in [5, 5.41) is 9.92. The fraction of sp³-hybridized carbons (Fsp3) is 0.533. The van der Waals surface area contributed by atoms with Crippen LogP contribution in [0.25, 0.3) is 11.0 Å². The molecule has 1 heterocycles. The van der Waals surface area contributed by atoms with Gasteiger partial charge in [-0.1, -0.05) is 17.4 Å². The Hall–Kier alpha value is -2.21. The maximum Gasteiger partial charge on any atom is 0.485 e. The number of fused-ring (bicyclic) bond motifs is 1. The Bertz CT molecular complexity index is 897. The molecule has 0 bridgehead atoms. The van der Waals surface area contributed by atoms with Crippen LogP contribution in [0.4, 0.5) is 13.2 Å². The first-order valence-corrected chi connectivity index (χ1v) is 9.06. The van der Waals surface area contributed by atoms with Gasteiger partial charge in [0.25, 0.3) is 5.82 Å². The minimum Gasteiger partial charge on any atom is -0.741 e. The second kappa shape index (κ2) is 7.80. The highest BCUT2D eigenvalue weighted by Gasteiger charge is 2.39. The monoisotopic (exact) mass is 409 g/mol. The predicted octanol–water partition coefficient (Wildman–Crippen LogP) is 2.22. The van der Waals surface area contributed by atoms with Crippen molar-refractivity contribution in [3.05, 3.63) is 30.1 Å². The van der Waals surface area contributed by atoms with E-state index in [0.29, 0.717) is 0 Å². The second-order valence-corrected chi connectivity index (χ2v) is 7.57. The van der Waals surface area contributed by atoms with Crippen molar-refractivity contribution < 1.29 is 30.7 Å². The molecule has 2 rings (SSSR count). The molecule has 0 N–H and O–H groups in total. The van der Waals surface area contributed by atoms with E-state index in [1.54, 1.807) is 7.05 Å². The molecule has 0 aliphatic carbocycles. The minimum atomic E-state index is -6.09. The molecule has 0 fully saturated rings. The van der Waals surface area contributed by atoms with Crippen molar-refractivity contribution in [2.24, 2.45) is 24.4 Å². The normalized spacial score (nSPS) is 13.0. The zero-order valence-electron chi connectivity index (χ0n) is 15.8. The number of benzene rings is 1. The standard InChI is InChI=1S/C14H22N5.CHF3O3S/c1-14(2,19(6)16-15-3)13-17(4)11-9-7-8-10-12(11)18(13)5;2-1(3,4)8(5,6)7/h7-10H,1-6H3;(H,5,6,7)/q+1;/p-1. The van der Waals surface area contributed by atoms with Crippen LogP contribution < -0.4 is 4.57 Å². The first kappa shape index (κ1) is 22.8. The quantitative estimate of drug-likeness (QED) is 0.255. The topological polar surface area (TPSA) is 94.0 Å². The molecule has 0 saturated carbocycles. The van der Waals surface area contributed by atoms with Crippen LogP contribution in [0.2, 0.25) is 0 Å². The van der Waals surface area contributed by atoms with E-state index in [1.165, 1.54) is 16.9 Å². The molecule has 0 saturated heterocycles. The summed E-state index contributed by atoms with van der Waals surface area (Å²) in [5.74, 6) is 1.18. The molecule has 1 aromatic carbocycles. The summed E-state index contributed by atoms with van der Waals surface area (Å²) in [7, 11) is 1.73. The van der Waals surface area contributed by atoms with Gasteiger partial charge < -0.3 is 4.55 Å². The predicted molar refractivity (Wildman–Crippen MR) is 91.4 cm³/mol. The van der Waals surface area contributed by atoms with Crippen LogP contribution in [0.5, 0.6) is 0 Å². The van der Waals surface area contributed by atoms with Crippen LogP contribution in [0, 0.1) is 0 Å². The van der Waals surface area contributed by atoms with Gasteiger partial charge >= 0.3 is 5.51 Å². The van der Waals surface area contributed by atoms with E-state index in [-0.39, 0.29) is 5.54 Å². The van der Waals surface area contributed by atoms with Crippen LogP contribution in [0.15, 0.2) is 34.6 Å². The SMILES string of the molecule is CN=NN(C)C(C)(C)c1n(C)c2ccccc2[n+]1C.O=S(=O)([O-])C(F)(F)F.